The number of aryl methyl sites for hydroxylation is 1. The summed E-state index contributed by atoms with van der Waals surface area (Å²) in [7, 11) is -2.26. The van der Waals surface area contributed by atoms with Crippen molar-refractivity contribution in [2.24, 2.45) is 0 Å². The van der Waals surface area contributed by atoms with Gasteiger partial charge in [-0.05, 0) is 37.3 Å². The van der Waals surface area contributed by atoms with Crippen LogP contribution in [0.5, 0.6) is 0 Å². The molecule has 0 saturated heterocycles. The van der Waals surface area contributed by atoms with Crippen molar-refractivity contribution < 1.29 is 17.6 Å². The van der Waals surface area contributed by atoms with Gasteiger partial charge in [-0.25, -0.2) is 22.8 Å². The highest BCUT2D eigenvalue weighted by Gasteiger charge is 2.34. The maximum atomic E-state index is 13.2. The lowest BCUT2D eigenvalue weighted by molar-refractivity contribution is -0.113. The summed E-state index contributed by atoms with van der Waals surface area (Å²) in [6, 6.07) is 11.0. The van der Waals surface area contributed by atoms with Gasteiger partial charge in [-0.3, -0.25) is 9.10 Å². The van der Waals surface area contributed by atoms with Crippen LogP contribution in [0.4, 0.5) is 15.8 Å². The van der Waals surface area contributed by atoms with Gasteiger partial charge in [0.05, 0.1) is 23.3 Å². The zero-order valence-electron chi connectivity index (χ0n) is 16.1. The molecular formula is C20H17FN4O3S2. The number of thioether (sulfide) groups is 1. The van der Waals surface area contributed by atoms with Gasteiger partial charge < -0.3 is 5.32 Å². The Hall–Kier alpha value is -2.98. The van der Waals surface area contributed by atoms with Crippen molar-refractivity contribution in [3.05, 3.63) is 60.0 Å². The van der Waals surface area contributed by atoms with Gasteiger partial charge in [-0.15, -0.1) is 0 Å². The molecule has 0 bridgehead atoms. The Labute approximate surface area is 177 Å². The summed E-state index contributed by atoms with van der Waals surface area (Å²) in [5, 5.41) is 2.87. The van der Waals surface area contributed by atoms with Crippen molar-refractivity contribution in [3.8, 4) is 11.3 Å². The first kappa shape index (κ1) is 20.3. The van der Waals surface area contributed by atoms with E-state index in [2.05, 4.69) is 15.3 Å². The van der Waals surface area contributed by atoms with E-state index in [0.717, 1.165) is 17.3 Å². The Balaban J connectivity index is 1.59. The summed E-state index contributed by atoms with van der Waals surface area (Å²) in [5.41, 5.74) is 2.86. The third-order valence-corrected chi connectivity index (χ3v) is 7.19. The standard InChI is InChI=1S/C20H17FN4O3S2/c1-12-6-7-16-15(8-12)19-17(30(27,28)25(16)2)10-22-20(24-19)29-11-18(26)23-14-5-3-4-13(21)9-14/h3-10H,11H2,1-2H3,(H,23,26). The molecule has 1 N–H and O–H groups in total. The van der Waals surface area contributed by atoms with Crippen LogP contribution >= 0.6 is 11.8 Å². The number of fused-ring (bicyclic) bond motifs is 3. The van der Waals surface area contributed by atoms with Gasteiger partial charge >= 0.3 is 0 Å². The van der Waals surface area contributed by atoms with Crippen LogP contribution in [0.15, 0.2) is 58.7 Å². The highest BCUT2D eigenvalue weighted by Crippen LogP contribution is 2.41. The van der Waals surface area contributed by atoms with Gasteiger partial charge in [0.25, 0.3) is 10.0 Å². The van der Waals surface area contributed by atoms with Crippen LogP contribution in [0.25, 0.3) is 11.3 Å². The molecule has 7 nitrogen and oxygen atoms in total. The van der Waals surface area contributed by atoms with Gasteiger partial charge in [-0.1, -0.05) is 29.5 Å². The summed E-state index contributed by atoms with van der Waals surface area (Å²) >= 11 is 1.07. The van der Waals surface area contributed by atoms with E-state index in [1.807, 2.05) is 19.1 Å². The summed E-state index contributed by atoms with van der Waals surface area (Å²) in [5.74, 6) is -0.808. The highest BCUT2D eigenvalue weighted by atomic mass is 32.2. The molecule has 0 spiro atoms. The zero-order chi connectivity index (χ0) is 21.5. The fourth-order valence-corrected chi connectivity index (χ4v) is 5.00. The highest BCUT2D eigenvalue weighted by molar-refractivity contribution is 7.99. The second-order valence-corrected chi connectivity index (χ2v) is 9.59. The number of amides is 1. The number of aromatic nitrogens is 2. The van der Waals surface area contributed by atoms with Crippen molar-refractivity contribution >= 4 is 39.1 Å². The van der Waals surface area contributed by atoms with Crippen molar-refractivity contribution in [1.82, 2.24) is 9.97 Å². The number of benzene rings is 2. The Kier molecular flexibility index (Phi) is 5.20. The number of nitrogens with one attached hydrogen (secondary N) is 1. The predicted molar refractivity (Wildman–Crippen MR) is 114 cm³/mol. The minimum Gasteiger partial charge on any atom is -0.325 e. The summed E-state index contributed by atoms with van der Waals surface area (Å²) in [4.78, 5) is 20.7. The topological polar surface area (TPSA) is 92.3 Å². The van der Waals surface area contributed by atoms with Crippen LogP contribution in [0.3, 0.4) is 0 Å². The van der Waals surface area contributed by atoms with Crippen molar-refractivity contribution in [1.29, 1.82) is 0 Å². The normalized spacial score (nSPS) is 14.0. The molecule has 0 radical (unpaired) electrons. The summed E-state index contributed by atoms with van der Waals surface area (Å²) in [6.07, 6.45) is 1.27. The quantitative estimate of drug-likeness (QED) is 0.489. The Morgan fingerprint density at radius 3 is 2.80 bits per heavy atom. The molecule has 1 amide bonds. The SMILES string of the molecule is Cc1ccc2c(c1)-c1nc(SCC(=O)Nc3cccc(F)c3)ncc1S(=O)(=O)N2C. The molecule has 4 rings (SSSR count). The smallest absolute Gasteiger partial charge is 0.267 e. The van der Waals surface area contributed by atoms with Gasteiger partial charge in [0, 0.05) is 18.3 Å². The lowest BCUT2D eigenvalue weighted by atomic mass is 10.1. The molecule has 1 aliphatic rings. The average Bonchev–Trinajstić information content (AvgIpc) is 2.70. The molecular weight excluding hydrogens is 427 g/mol. The van der Waals surface area contributed by atoms with Crippen LogP contribution in [-0.2, 0) is 14.8 Å². The number of anilines is 2. The number of hydrogen-bond acceptors (Lipinski definition) is 6. The summed E-state index contributed by atoms with van der Waals surface area (Å²) in [6.45, 7) is 1.91. The fourth-order valence-electron chi connectivity index (χ4n) is 3.09. The van der Waals surface area contributed by atoms with Crippen LogP contribution < -0.4 is 9.62 Å². The predicted octanol–water partition coefficient (Wildman–Crippen LogP) is 3.46. The molecule has 1 aliphatic heterocycles. The molecule has 0 aliphatic carbocycles. The fraction of sp³-hybridized carbons (Fsp3) is 0.150. The zero-order valence-corrected chi connectivity index (χ0v) is 17.7. The van der Waals surface area contributed by atoms with Gasteiger partial charge in [0.15, 0.2) is 5.16 Å². The van der Waals surface area contributed by atoms with Crippen molar-refractivity contribution in [3.63, 3.8) is 0 Å². The van der Waals surface area contributed by atoms with Crippen molar-refractivity contribution in [2.75, 3.05) is 22.4 Å². The third kappa shape index (κ3) is 3.75. The number of sulfonamides is 1. The maximum absolute atomic E-state index is 13.2. The maximum Gasteiger partial charge on any atom is 0.267 e. The minimum atomic E-state index is -3.76. The molecule has 0 fully saturated rings. The number of rotatable bonds is 4. The minimum absolute atomic E-state index is 0.0113. The van der Waals surface area contributed by atoms with E-state index in [4.69, 9.17) is 0 Å². The average molecular weight is 445 g/mol. The lowest BCUT2D eigenvalue weighted by Gasteiger charge is -2.28. The van der Waals surface area contributed by atoms with Crippen LogP contribution in [0.2, 0.25) is 0 Å². The molecule has 0 atom stereocenters. The van der Waals surface area contributed by atoms with Crippen molar-refractivity contribution in [2.45, 2.75) is 17.0 Å². The summed E-state index contributed by atoms with van der Waals surface area (Å²) < 4.78 is 40.1. The van der Waals surface area contributed by atoms with Crippen LogP contribution in [0.1, 0.15) is 5.56 Å². The molecule has 1 aromatic heterocycles. The molecule has 30 heavy (non-hydrogen) atoms. The first-order valence-electron chi connectivity index (χ1n) is 8.91. The Morgan fingerprint density at radius 1 is 1.23 bits per heavy atom. The monoisotopic (exact) mass is 444 g/mol. The molecule has 0 unspecified atom stereocenters. The second kappa shape index (κ2) is 7.69. The van der Waals surface area contributed by atoms with E-state index in [1.54, 1.807) is 12.1 Å². The Bertz CT molecular complexity index is 1260. The first-order chi connectivity index (χ1) is 14.3. The van der Waals surface area contributed by atoms with E-state index in [1.165, 1.54) is 35.7 Å². The van der Waals surface area contributed by atoms with Crippen LogP contribution in [-0.4, -0.2) is 37.1 Å². The number of carbonyl (C=O) groups is 1. The van der Waals surface area contributed by atoms with Gasteiger partial charge in [0.1, 0.15) is 10.7 Å². The molecule has 0 saturated carbocycles. The van der Waals surface area contributed by atoms with Gasteiger partial charge in [0.2, 0.25) is 5.91 Å². The van der Waals surface area contributed by atoms with E-state index in [0.29, 0.717) is 22.6 Å². The Morgan fingerprint density at radius 2 is 2.03 bits per heavy atom. The van der Waals surface area contributed by atoms with E-state index in [-0.39, 0.29) is 21.7 Å². The molecule has 2 aromatic carbocycles. The third-order valence-electron chi connectivity index (χ3n) is 4.56. The van der Waals surface area contributed by atoms with E-state index < -0.39 is 15.8 Å². The second-order valence-electron chi connectivity index (χ2n) is 6.71. The molecule has 3 aromatic rings. The largest absolute Gasteiger partial charge is 0.325 e. The molecule has 10 heteroatoms. The number of nitrogens with zero attached hydrogens (tertiary/aromatic N) is 3. The molecule has 154 valence electrons. The lowest BCUT2D eigenvalue weighted by Crippen LogP contribution is -2.31. The van der Waals surface area contributed by atoms with Gasteiger partial charge in [-0.2, -0.15) is 0 Å². The molecule has 2 heterocycles. The van der Waals surface area contributed by atoms with E-state index in [9.17, 15) is 17.6 Å². The first-order valence-corrected chi connectivity index (χ1v) is 11.3. The number of halogens is 1. The van der Waals surface area contributed by atoms with Crippen LogP contribution in [0, 0.1) is 12.7 Å². The number of carbonyl (C=O) groups excluding carboxylic acids is 1. The van der Waals surface area contributed by atoms with E-state index >= 15 is 0 Å². The number of hydrogen-bond donors (Lipinski definition) is 1.